The molecule has 2 atom stereocenters. The van der Waals surface area contributed by atoms with E-state index in [0.717, 1.165) is 12.8 Å². The minimum Gasteiger partial charge on any atom is -0.480 e. The van der Waals surface area contributed by atoms with Crippen molar-refractivity contribution in [2.24, 2.45) is 11.8 Å². The van der Waals surface area contributed by atoms with Crippen LogP contribution < -0.4 is 0 Å². The Balaban J connectivity index is 2.28. The molecule has 0 aromatic carbocycles. The van der Waals surface area contributed by atoms with Crippen molar-refractivity contribution in [1.82, 2.24) is 0 Å². The largest absolute Gasteiger partial charge is 0.480 e. The third-order valence-corrected chi connectivity index (χ3v) is 2.58. The van der Waals surface area contributed by atoms with E-state index in [0.29, 0.717) is 11.8 Å². The molecule has 0 spiro atoms. The minimum absolute atomic E-state index is 0.149. The molecule has 1 N–H and O–H groups in total. The fourth-order valence-electron chi connectivity index (χ4n) is 2.20. The van der Waals surface area contributed by atoms with Gasteiger partial charge in [0.2, 0.25) is 0 Å². The van der Waals surface area contributed by atoms with Gasteiger partial charge in [0.1, 0.15) is 6.61 Å². The van der Waals surface area contributed by atoms with Crippen molar-refractivity contribution in [2.45, 2.75) is 39.2 Å². The summed E-state index contributed by atoms with van der Waals surface area (Å²) in [5.74, 6) is 0.468. The molecule has 2 unspecified atom stereocenters. The van der Waals surface area contributed by atoms with Crippen LogP contribution in [0.25, 0.3) is 0 Å². The van der Waals surface area contributed by atoms with Gasteiger partial charge in [-0.25, -0.2) is 4.79 Å². The highest BCUT2D eigenvalue weighted by Crippen LogP contribution is 2.30. The first kappa shape index (κ1) is 10.5. The molecule has 0 radical (unpaired) electrons. The molecule has 1 fully saturated rings. The Labute approximate surface area is 79.1 Å². The fourth-order valence-corrected chi connectivity index (χ4v) is 2.20. The SMILES string of the molecule is CC1CC(C)CC(OCC(=O)O)C1. The second-order valence-electron chi connectivity index (χ2n) is 4.24. The lowest BCUT2D eigenvalue weighted by atomic mass is 9.82. The van der Waals surface area contributed by atoms with Gasteiger partial charge < -0.3 is 9.84 Å². The van der Waals surface area contributed by atoms with Crippen molar-refractivity contribution < 1.29 is 14.6 Å². The van der Waals surface area contributed by atoms with Crippen molar-refractivity contribution in [1.29, 1.82) is 0 Å². The summed E-state index contributed by atoms with van der Waals surface area (Å²) in [5, 5.41) is 8.45. The van der Waals surface area contributed by atoms with Crippen molar-refractivity contribution in [2.75, 3.05) is 6.61 Å². The Kier molecular flexibility index (Phi) is 3.72. The summed E-state index contributed by atoms with van der Waals surface area (Å²) in [6.07, 6.45) is 3.43. The molecule has 13 heavy (non-hydrogen) atoms. The Morgan fingerprint density at radius 3 is 2.31 bits per heavy atom. The Bertz CT molecular complexity index is 169. The van der Waals surface area contributed by atoms with E-state index in [1.165, 1.54) is 6.42 Å². The molecule has 0 amide bonds. The molecular formula is C10H18O3. The molecule has 0 bridgehead atoms. The molecule has 1 aliphatic carbocycles. The average Bonchev–Trinajstić information content (AvgIpc) is 1.99. The van der Waals surface area contributed by atoms with Crippen molar-refractivity contribution in [3.05, 3.63) is 0 Å². The summed E-state index contributed by atoms with van der Waals surface area (Å²) in [5.41, 5.74) is 0. The maximum Gasteiger partial charge on any atom is 0.329 e. The molecule has 0 aromatic rings. The lowest BCUT2D eigenvalue weighted by Gasteiger charge is -2.30. The summed E-state index contributed by atoms with van der Waals surface area (Å²) in [6, 6.07) is 0. The zero-order valence-electron chi connectivity index (χ0n) is 8.32. The van der Waals surface area contributed by atoms with Crippen LogP contribution in [0.1, 0.15) is 33.1 Å². The maximum atomic E-state index is 10.3. The molecule has 3 heteroatoms. The van der Waals surface area contributed by atoms with E-state index < -0.39 is 5.97 Å². The zero-order valence-corrected chi connectivity index (χ0v) is 8.32. The Morgan fingerprint density at radius 1 is 1.31 bits per heavy atom. The van der Waals surface area contributed by atoms with Crippen LogP contribution >= 0.6 is 0 Å². The summed E-state index contributed by atoms with van der Waals surface area (Å²) in [4.78, 5) is 10.3. The highest BCUT2D eigenvalue weighted by atomic mass is 16.5. The third-order valence-electron chi connectivity index (χ3n) is 2.58. The summed E-state index contributed by atoms with van der Waals surface area (Å²) >= 11 is 0. The minimum atomic E-state index is -0.870. The van der Waals surface area contributed by atoms with Crippen LogP contribution in [-0.4, -0.2) is 23.8 Å². The van der Waals surface area contributed by atoms with Crippen LogP contribution in [-0.2, 0) is 9.53 Å². The topological polar surface area (TPSA) is 46.5 Å². The number of carbonyl (C=O) groups is 1. The maximum absolute atomic E-state index is 10.3. The summed E-state index contributed by atoms with van der Waals surface area (Å²) in [7, 11) is 0. The number of ether oxygens (including phenoxy) is 1. The molecule has 0 saturated heterocycles. The van der Waals surface area contributed by atoms with Gasteiger partial charge in [0.25, 0.3) is 0 Å². The van der Waals surface area contributed by atoms with E-state index in [1.807, 2.05) is 0 Å². The van der Waals surface area contributed by atoms with Gasteiger partial charge >= 0.3 is 5.97 Å². The first-order valence-electron chi connectivity index (χ1n) is 4.91. The highest BCUT2D eigenvalue weighted by Gasteiger charge is 2.24. The van der Waals surface area contributed by atoms with Gasteiger partial charge in [-0.2, -0.15) is 0 Å². The zero-order chi connectivity index (χ0) is 9.84. The molecule has 1 aliphatic rings. The lowest BCUT2D eigenvalue weighted by Crippen LogP contribution is -2.28. The van der Waals surface area contributed by atoms with Crippen LogP contribution in [0.4, 0.5) is 0 Å². The Morgan fingerprint density at radius 2 is 1.85 bits per heavy atom. The van der Waals surface area contributed by atoms with Gasteiger partial charge in [-0.1, -0.05) is 13.8 Å². The molecule has 1 rings (SSSR count). The standard InChI is InChI=1S/C10H18O3/c1-7-3-8(2)5-9(4-7)13-6-10(11)12/h7-9H,3-6H2,1-2H3,(H,11,12). The smallest absolute Gasteiger partial charge is 0.329 e. The number of hydrogen-bond acceptors (Lipinski definition) is 2. The molecule has 1 saturated carbocycles. The van der Waals surface area contributed by atoms with E-state index in [1.54, 1.807) is 0 Å². The number of rotatable bonds is 3. The molecule has 0 aliphatic heterocycles. The monoisotopic (exact) mass is 186 g/mol. The first-order chi connectivity index (χ1) is 6.08. The fraction of sp³-hybridized carbons (Fsp3) is 0.900. The third kappa shape index (κ3) is 3.77. The van der Waals surface area contributed by atoms with Crippen molar-refractivity contribution in [3.8, 4) is 0 Å². The second kappa shape index (κ2) is 4.61. The van der Waals surface area contributed by atoms with Crippen LogP contribution in [0.2, 0.25) is 0 Å². The Hall–Kier alpha value is -0.570. The van der Waals surface area contributed by atoms with Gasteiger partial charge in [0, 0.05) is 0 Å². The van der Waals surface area contributed by atoms with Gasteiger partial charge in [-0.15, -0.1) is 0 Å². The molecule has 0 aromatic heterocycles. The number of carboxylic acids is 1. The van der Waals surface area contributed by atoms with E-state index >= 15 is 0 Å². The van der Waals surface area contributed by atoms with Crippen LogP contribution in [0, 0.1) is 11.8 Å². The molecule has 3 nitrogen and oxygen atoms in total. The van der Waals surface area contributed by atoms with Gasteiger partial charge in [0.05, 0.1) is 6.10 Å². The highest BCUT2D eigenvalue weighted by molar-refractivity contribution is 5.68. The summed E-state index contributed by atoms with van der Waals surface area (Å²) in [6.45, 7) is 4.25. The van der Waals surface area contributed by atoms with Gasteiger partial charge in [0.15, 0.2) is 0 Å². The van der Waals surface area contributed by atoms with Crippen molar-refractivity contribution >= 4 is 5.97 Å². The quantitative estimate of drug-likeness (QED) is 0.732. The number of carboxylic acid groups (broad SMARTS) is 1. The van der Waals surface area contributed by atoms with Gasteiger partial charge in [-0.05, 0) is 31.1 Å². The average molecular weight is 186 g/mol. The summed E-state index contributed by atoms with van der Waals surface area (Å²) < 4.78 is 5.29. The molecule has 0 heterocycles. The lowest BCUT2D eigenvalue weighted by molar-refractivity contribution is -0.145. The van der Waals surface area contributed by atoms with E-state index in [2.05, 4.69) is 13.8 Å². The normalized spacial score (nSPS) is 34.5. The van der Waals surface area contributed by atoms with Crippen LogP contribution in [0.5, 0.6) is 0 Å². The van der Waals surface area contributed by atoms with Crippen molar-refractivity contribution in [3.63, 3.8) is 0 Å². The van der Waals surface area contributed by atoms with Crippen LogP contribution in [0.3, 0.4) is 0 Å². The van der Waals surface area contributed by atoms with Crippen LogP contribution in [0.15, 0.2) is 0 Å². The molecular weight excluding hydrogens is 168 g/mol. The second-order valence-corrected chi connectivity index (χ2v) is 4.24. The predicted molar refractivity (Wildman–Crippen MR) is 49.6 cm³/mol. The number of aliphatic carboxylic acids is 1. The van der Waals surface area contributed by atoms with E-state index in [-0.39, 0.29) is 12.7 Å². The number of hydrogen-bond donors (Lipinski definition) is 1. The van der Waals surface area contributed by atoms with E-state index in [4.69, 9.17) is 9.84 Å². The predicted octanol–water partition coefficient (Wildman–Crippen LogP) is 1.91. The molecule has 76 valence electrons. The first-order valence-corrected chi connectivity index (χ1v) is 4.91. The van der Waals surface area contributed by atoms with Gasteiger partial charge in [-0.3, -0.25) is 0 Å². The van der Waals surface area contributed by atoms with E-state index in [9.17, 15) is 4.79 Å².